The first-order valence-electron chi connectivity index (χ1n) is 7.03. The summed E-state index contributed by atoms with van der Waals surface area (Å²) in [5.74, 6) is 2.12. The molecular weight excluding hydrogens is 242 g/mol. The highest BCUT2D eigenvalue weighted by atomic mass is 16.1. The summed E-state index contributed by atoms with van der Waals surface area (Å²) in [5.41, 5.74) is 6.17. The number of fused-ring (bicyclic) bond motifs is 2. The lowest BCUT2D eigenvalue weighted by atomic mass is 9.84. The normalized spacial score (nSPS) is 32.7. The first-order chi connectivity index (χ1) is 9.16. The van der Waals surface area contributed by atoms with Gasteiger partial charge in [-0.2, -0.15) is 0 Å². The van der Waals surface area contributed by atoms with E-state index in [0.717, 1.165) is 12.2 Å². The van der Waals surface area contributed by atoms with Crippen LogP contribution >= 0.6 is 0 Å². The van der Waals surface area contributed by atoms with Gasteiger partial charge in [-0.15, -0.1) is 10.2 Å². The molecule has 2 bridgehead atoms. The fourth-order valence-corrected chi connectivity index (χ4v) is 3.67. The molecule has 104 valence electrons. The molecule has 1 aromatic rings. The molecule has 0 aromatic carbocycles. The van der Waals surface area contributed by atoms with Crippen LogP contribution in [0.3, 0.4) is 0 Å². The summed E-state index contributed by atoms with van der Waals surface area (Å²) in [6, 6.07) is 0.0635. The van der Waals surface area contributed by atoms with E-state index in [1.165, 1.54) is 12.8 Å². The molecule has 1 aromatic heterocycles. The van der Waals surface area contributed by atoms with E-state index in [1.807, 2.05) is 11.6 Å². The molecule has 3 rings (SSSR count). The highest BCUT2D eigenvalue weighted by Gasteiger charge is 2.48. The average molecular weight is 263 g/mol. The Morgan fingerprint density at radius 3 is 2.95 bits per heavy atom. The Bertz CT molecular complexity index is 469. The van der Waals surface area contributed by atoms with Crippen LogP contribution in [0.15, 0.2) is 6.33 Å². The first kappa shape index (κ1) is 12.6. The number of carbonyl (C=O) groups is 1. The zero-order chi connectivity index (χ0) is 13.4. The fraction of sp³-hybridized carbons (Fsp3) is 0.769. The van der Waals surface area contributed by atoms with Gasteiger partial charge >= 0.3 is 0 Å². The Morgan fingerprint density at radius 2 is 2.32 bits per heavy atom. The molecule has 0 spiro atoms. The van der Waals surface area contributed by atoms with Crippen LogP contribution in [0.4, 0.5) is 0 Å². The van der Waals surface area contributed by atoms with E-state index in [4.69, 9.17) is 5.73 Å². The average Bonchev–Trinajstić information content (AvgIpc) is 3.06. The quantitative estimate of drug-likeness (QED) is 0.791. The summed E-state index contributed by atoms with van der Waals surface area (Å²) in [6.07, 6.45) is 5.89. The summed E-state index contributed by atoms with van der Waals surface area (Å²) in [4.78, 5) is 12.2. The number of nitrogens with two attached hydrogens (primary N) is 1. The number of aryl methyl sites for hydroxylation is 1. The van der Waals surface area contributed by atoms with Crippen LogP contribution in [-0.2, 0) is 18.3 Å². The summed E-state index contributed by atoms with van der Waals surface area (Å²) >= 11 is 0. The zero-order valence-electron chi connectivity index (χ0n) is 11.2. The molecule has 0 radical (unpaired) electrons. The number of hydrogen-bond donors (Lipinski definition) is 2. The van der Waals surface area contributed by atoms with Crippen molar-refractivity contribution in [2.45, 2.75) is 31.7 Å². The second-order valence-electron chi connectivity index (χ2n) is 5.84. The van der Waals surface area contributed by atoms with Crippen molar-refractivity contribution in [1.29, 1.82) is 0 Å². The van der Waals surface area contributed by atoms with E-state index in [-0.39, 0.29) is 17.9 Å². The lowest BCUT2D eigenvalue weighted by Gasteiger charge is -2.26. The van der Waals surface area contributed by atoms with Crippen molar-refractivity contribution in [2.24, 2.45) is 30.5 Å². The Morgan fingerprint density at radius 1 is 1.53 bits per heavy atom. The summed E-state index contributed by atoms with van der Waals surface area (Å²) in [5, 5.41) is 10.8. The number of nitrogens with zero attached hydrogens (tertiary/aromatic N) is 3. The molecule has 6 nitrogen and oxygen atoms in total. The van der Waals surface area contributed by atoms with Crippen molar-refractivity contribution in [3.05, 3.63) is 12.2 Å². The maximum Gasteiger partial charge on any atom is 0.224 e. The van der Waals surface area contributed by atoms with Crippen LogP contribution in [0.5, 0.6) is 0 Å². The van der Waals surface area contributed by atoms with Crippen molar-refractivity contribution in [3.63, 3.8) is 0 Å². The van der Waals surface area contributed by atoms with Gasteiger partial charge in [-0.25, -0.2) is 0 Å². The van der Waals surface area contributed by atoms with Gasteiger partial charge in [-0.05, 0) is 31.1 Å². The summed E-state index contributed by atoms with van der Waals surface area (Å²) in [7, 11) is 1.91. The summed E-state index contributed by atoms with van der Waals surface area (Å²) < 4.78 is 1.87. The second-order valence-corrected chi connectivity index (χ2v) is 5.84. The zero-order valence-corrected chi connectivity index (χ0v) is 11.2. The third kappa shape index (κ3) is 2.25. The molecule has 0 saturated heterocycles. The molecule has 2 aliphatic carbocycles. The van der Waals surface area contributed by atoms with Crippen LogP contribution in [0, 0.1) is 17.8 Å². The lowest BCUT2D eigenvalue weighted by molar-refractivity contribution is -0.127. The largest absolute Gasteiger partial charge is 0.355 e. The van der Waals surface area contributed by atoms with Crippen LogP contribution < -0.4 is 11.1 Å². The van der Waals surface area contributed by atoms with Crippen LogP contribution in [-0.4, -0.2) is 33.3 Å². The van der Waals surface area contributed by atoms with Gasteiger partial charge in [-0.1, -0.05) is 0 Å². The minimum absolute atomic E-state index is 0.0262. The maximum atomic E-state index is 12.2. The van der Waals surface area contributed by atoms with E-state index in [2.05, 4.69) is 15.5 Å². The molecule has 2 fully saturated rings. The van der Waals surface area contributed by atoms with Crippen LogP contribution in [0.25, 0.3) is 0 Å². The standard InChI is InChI=1S/C13H21N5O/c1-18-7-16-17-10(18)4-5-15-13(19)11-8-2-3-9(6-8)12(11)14/h7-9,11-12H,2-6,14H2,1H3,(H,15,19). The highest BCUT2D eigenvalue weighted by Crippen LogP contribution is 2.47. The number of aromatic nitrogens is 3. The van der Waals surface area contributed by atoms with Gasteiger partial charge in [0.25, 0.3) is 0 Å². The Kier molecular flexibility index (Phi) is 3.26. The molecule has 0 aliphatic heterocycles. The van der Waals surface area contributed by atoms with Crippen LogP contribution in [0.1, 0.15) is 25.1 Å². The Balaban J connectivity index is 1.51. The first-order valence-corrected chi connectivity index (χ1v) is 7.03. The molecule has 19 heavy (non-hydrogen) atoms. The third-order valence-corrected chi connectivity index (χ3v) is 4.74. The second kappa shape index (κ2) is 4.92. The van der Waals surface area contributed by atoms with Crippen molar-refractivity contribution in [2.75, 3.05) is 6.54 Å². The van der Waals surface area contributed by atoms with E-state index in [0.29, 0.717) is 24.8 Å². The predicted molar refractivity (Wildman–Crippen MR) is 70.0 cm³/mol. The Hall–Kier alpha value is -1.43. The van der Waals surface area contributed by atoms with Crippen molar-refractivity contribution < 1.29 is 4.79 Å². The molecule has 1 heterocycles. The number of hydrogen-bond acceptors (Lipinski definition) is 4. The van der Waals surface area contributed by atoms with Gasteiger partial charge in [0.15, 0.2) is 0 Å². The molecule has 3 N–H and O–H groups in total. The minimum atomic E-state index is 0.0262. The van der Waals surface area contributed by atoms with E-state index in [9.17, 15) is 4.79 Å². The van der Waals surface area contributed by atoms with Gasteiger partial charge in [-0.3, -0.25) is 4.79 Å². The van der Waals surface area contributed by atoms with Gasteiger partial charge in [0, 0.05) is 26.1 Å². The molecule has 4 unspecified atom stereocenters. The molecule has 4 atom stereocenters. The molecular formula is C13H21N5O. The SMILES string of the molecule is Cn1cnnc1CCNC(=O)C1C2CCC(C2)C1N. The molecule has 1 amide bonds. The van der Waals surface area contributed by atoms with E-state index >= 15 is 0 Å². The van der Waals surface area contributed by atoms with Crippen molar-refractivity contribution in [1.82, 2.24) is 20.1 Å². The van der Waals surface area contributed by atoms with E-state index < -0.39 is 0 Å². The van der Waals surface area contributed by atoms with Gasteiger partial charge in [0.05, 0.1) is 5.92 Å². The Labute approximate surface area is 112 Å². The molecule has 2 aliphatic rings. The van der Waals surface area contributed by atoms with Gasteiger partial charge < -0.3 is 15.6 Å². The summed E-state index contributed by atoms with van der Waals surface area (Å²) in [6.45, 7) is 0.603. The fourth-order valence-electron chi connectivity index (χ4n) is 3.67. The van der Waals surface area contributed by atoms with E-state index in [1.54, 1.807) is 6.33 Å². The number of nitrogens with one attached hydrogen (secondary N) is 1. The van der Waals surface area contributed by atoms with Crippen LogP contribution in [0.2, 0.25) is 0 Å². The number of carbonyl (C=O) groups excluding carboxylic acids is 1. The predicted octanol–water partition coefficient (Wildman–Crippen LogP) is -0.153. The number of rotatable bonds is 4. The highest BCUT2D eigenvalue weighted by molar-refractivity contribution is 5.80. The topological polar surface area (TPSA) is 85.8 Å². The molecule has 2 saturated carbocycles. The monoisotopic (exact) mass is 263 g/mol. The smallest absolute Gasteiger partial charge is 0.224 e. The number of amides is 1. The third-order valence-electron chi connectivity index (χ3n) is 4.74. The van der Waals surface area contributed by atoms with Crippen molar-refractivity contribution >= 4 is 5.91 Å². The van der Waals surface area contributed by atoms with Gasteiger partial charge in [0.2, 0.25) is 5.91 Å². The van der Waals surface area contributed by atoms with Crippen molar-refractivity contribution in [3.8, 4) is 0 Å². The lowest BCUT2D eigenvalue weighted by Crippen LogP contribution is -2.45. The van der Waals surface area contributed by atoms with Gasteiger partial charge in [0.1, 0.15) is 12.2 Å². The molecule has 6 heteroatoms. The minimum Gasteiger partial charge on any atom is -0.355 e. The maximum absolute atomic E-state index is 12.2.